The average molecular weight is 392 g/mol. The van der Waals surface area contributed by atoms with E-state index in [2.05, 4.69) is 10.1 Å². The van der Waals surface area contributed by atoms with Gasteiger partial charge >= 0.3 is 0 Å². The van der Waals surface area contributed by atoms with Gasteiger partial charge in [0.2, 0.25) is 11.7 Å². The molecule has 0 bridgehead atoms. The second-order valence-corrected chi connectivity index (χ2v) is 7.04. The molecular formula is C18H18ClN3O3S. The number of hydrogen-bond acceptors (Lipinski definition) is 6. The van der Waals surface area contributed by atoms with Gasteiger partial charge in [0.15, 0.2) is 6.10 Å². The van der Waals surface area contributed by atoms with Gasteiger partial charge in [-0.3, -0.25) is 4.79 Å². The highest BCUT2D eigenvalue weighted by molar-refractivity contribution is 7.13. The minimum absolute atomic E-state index is 0.164. The zero-order chi connectivity index (χ0) is 18.5. The van der Waals surface area contributed by atoms with Gasteiger partial charge in [-0.05, 0) is 36.1 Å². The Morgan fingerprint density at radius 1 is 1.38 bits per heavy atom. The van der Waals surface area contributed by atoms with Crippen LogP contribution in [0.2, 0.25) is 5.02 Å². The summed E-state index contributed by atoms with van der Waals surface area (Å²) in [5, 5.41) is 6.46. The maximum Gasteiger partial charge on any atom is 0.263 e. The quantitative estimate of drug-likeness (QED) is 0.601. The number of benzene rings is 1. The fourth-order valence-corrected chi connectivity index (χ4v) is 3.19. The highest BCUT2D eigenvalue weighted by Gasteiger charge is 2.24. The Morgan fingerprint density at radius 2 is 2.23 bits per heavy atom. The van der Waals surface area contributed by atoms with Crippen molar-refractivity contribution >= 4 is 28.8 Å². The third-order valence-electron chi connectivity index (χ3n) is 3.68. The van der Waals surface area contributed by atoms with Crippen molar-refractivity contribution in [3.63, 3.8) is 0 Å². The Balaban J connectivity index is 1.64. The molecule has 0 saturated carbocycles. The zero-order valence-electron chi connectivity index (χ0n) is 14.4. The van der Waals surface area contributed by atoms with Crippen molar-refractivity contribution in [2.75, 3.05) is 7.05 Å². The Kier molecular flexibility index (Phi) is 5.90. The SMILES string of the molecule is CC[C@@H](Oc1cccc(Cl)c1)C(=O)N(C)Cc1nc(-c2cccs2)no1. The van der Waals surface area contributed by atoms with Gasteiger partial charge < -0.3 is 14.2 Å². The predicted molar refractivity (Wildman–Crippen MR) is 100 cm³/mol. The van der Waals surface area contributed by atoms with Gasteiger partial charge in [-0.2, -0.15) is 4.98 Å². The first-order valence-electron chi connectivity index (χ1n) is 8.10. The first-order valence-corrected chi connectivity index (χ1v) is 9.36. The predicted octanol–water partition coefficient (Wildman–Crippen LogP) is 4.27. The number of rotatable bonds is 7. The molecule has 1 aromatic carbocycles. The number of hydrogen-bond donors (Lipinski definition) is 0. The number of thiophene rings is 1. The summed E-state index contributed by atoms with van der Waals surface area (Å²) in [6, 6.07) is 10.8. The fourth-order valence-electron chi connectivity index (χ4n) is 2.36. The van der Waals surface area contributed by atoms with Crippen LogP contribution in [0, 0.1) is 0 Å². The van der Waals surface area contributed by atoms with E-state index in [1.54, 1.807) is 31.3 Å². The molecule has 3 aromatic rings. The summed E-state index contributed by atoms with van der Waals surface area (Å²) >= 11 is 7.49. The van der Waals surface area contributed by atoms with Crippen LogP contribution in [0.25, 0.3) is 10.7 Å². The number of amides is 1. The third kappa shape index (κ3) is 4.42. The molecule has 2 aromatic heterocycles. The van der Waals surface area contributed by atoms with Crippen molar-refractivity contribution in [3.05, 3.63) is 52.7 Å². The molecule has 0 aliphatic carbocycles. The molecule has 0 N–H and O–H groups in total. The molecular weight excluding hydrogens is 374 g/mol. The molecule has 0 unspecified atom stereocenters. The van der Waals surface area contributed by atoms with Gasteiger partial charge in [0.25, 0.3) is 5.91 Å². The lowest BCUT2D eigenvalue weighted by Crippen LogP contribution is -2.39. The van der Waals surface area contributed by atoms with Crippen LogP contribution in [0.5, 0.6) is 5.75 Å². The smallest absolute Gasteiger partial charge is 0.263 e. The number of carbonyl (C=O) groups excluding carboxylic acids is 1. The van der Waals surface area contributed by atoms with E-state index in [1.807, 2.05) is 24.4 Å². The van der Waals surface area contributed by atoms with E-state index in [1.165, 1.54) is 16.2 Å². The number of ether oxygens (including phenoxy) is 1. The van der Waals surface area contributed by atoms with Crippen LogP contribution in [-0.2, 0) is 11.3 Å². The van der Waals surface area contributed by atoms with Crippen molar-refractivity contribution < 1.29 is 14.1 Å². The number of nitrogens with zero attached hydrogens (tertiary/aromatic N) is 3. The number of aromatic nitrogens is 2. The van der Waals surface area contributed by atoms with Gasteiger partial charge in [-0.15, -0.1) is 11.3 Å². The van der Waals surface area contributed by atoms with Gasteiger partial charge in [-0.25, -0.2) is 0 Å². The van der Waals surface area contributed by atoms with Crippen LogP contribution in [0.4, 0.5) is 0 Å². The molecule has 1 atom stereocenters. The van der Waals surface area contributed by atoms with Crippen LogP contribution >= 0.6 is 22.9 Å². The highest BCUT2D eigenvalue weighted by Crippen LogP contribution is 2.22. The maximum absolute atomic E-state index is 12.7. The van der Waals surface area contributed by atoms with E-state index in [0.29, 0.717) is 28.9 Å². The molecule has 0 aliphatic rings. The van der Waals surface area contributed by atoms with Gasteiger partial charge in [0, 0.05) is 12.1 Å². The van der Waals surface area contributed by atoms with Crippen LogP contribution in [-0.4, -0.2) is 34.1 Å². The van der Waals surface area contributed by atoms with E-state index in [0.717, 1.165) is 4.88 Å². The van der Waals surface area contributed by atoms with Crippen LogP contribution < -0.4 is 4.74 Å². The fraction of sp³-hybridized carbons (Fsp3) is 0.278. The molecule has 0 saturated heterocycles. The standard InChI is InChI=1S/C18H18ClN3O3S/c1-3-14(24-13-7-4-6-12(19)10-13)18(23)22(2)11-16-20-17(21-25-16)15-8-5-9-26-15/h4-10,14H,3,11H2,1-2H3/t14-/m1/s1. The number of halogens is 1. The summed E-state index contributed by atoms with van der Waals surface area (Å²) in [7, 11) is 1.68. The average Bonchev–Trinajstić information content (AvgIpc) is 3.30. The molecule has 26 heavy (non-hydrogen) atoms. The summed E-state index contributed by atoms with van der Waals surface area (Å²) in [5.74, 6) is 1.30. The normalized spacial score (nSPS) is 12.0. The zero-order valence-corrected chi connectivity index (χ0v) is 16.0. The molecule has 0 fully saturated rings. The summed E-state index contributed by atoms with van der Waals surface area (Å²) in [6.07, 6.45) is -0.0851. The third-order valence-corrected chi connectivity index (χ3v) is 4.78. The Hall–Kier alpha value is -2.38. The lowest BCUT2D eigenvalue weighted by molar-refractivity contribution is -0.138. The molecule has 1 amide bonds. The molecule has 0 aliphatic heterocycles. The van der Waals surface area contributed by atoms with Crippen molar-refractivity contribution in [2.24, 2.45) is 0 Å². The van der Waals surface area contributed by atoms with Crippen LogP contribution in [0.15, 0.2) is 46.3 Å². The molecule has 0 spiro atoms. The van der Waals surface area contributed by atoms with E-state index in [9.17, 15) is 4.79 Å². The summed E-state index contributed by atoms with van der Waals surface area (Å²) in [4.78, 5) is 19.5. The van der Waals surface area contributed by atoms with E-state index in [-0.39, 0.29) is 12.5 Å². The van der Waals surface area contributed by atoms with Gasteiger partial charge in [0.05, 0.1) is 11.4 Å². The second kappa shape index (κ2) is 8.33. The van der Waals surface area contributed by atoms with Crippen molar-refractivity contribution in [2.45, 2.75) is 26.0 Å². The van der Waals surface area contributed by atoms with Crippen LogP contribution in [0.1, 0.15) is 19.2 Å². The maximum atomic E-state index is 12.7. The van der Waals surface area contributed by atoms with Crippen LogP contribution in [0.3, 0.4) is 0 Å². The van der Waals surface area contributed by atoms with Crippen molar-refractivity contribution in [1.82, 2.24) is 15.0 Å². The second-order valence-electron chi connectivity index (χ2n) is 5.66. The minimum atomic E-state index is -0.613. The Labute approximate surface area is 160 Å². The number of carbonyl (C=O) groups is 1. The summed E-state index contributed by atoms with van der Waals surface area (Å²) < 4.78 is 11.0. The first kappa shape index (κ1) is 18.4. The van der Waals surface area contributed by atoms with Crippen molar-refractivity contribution in [3.8, 4) is 16.5 Å². The Bertz CT molecular complexity index is 866. The van der Waals surface area contributed by atoms with E-state index in [4.69, 9.17) is 20.9 Å². The molecule has 2 heterocycles. The topological polar surface area (TPSA) is 68.5 Å². The molecule has 6 nitrogen and oxygen atoms in total. The van der Waals surface area contributed by atoms with Crippen molar-refractivity contribution in [1.29, 1.82) is 0 Å². The first-order chi connectivity index (χ1) is 12.6. The molecule has 3 rings (SSSR count). The largest absolute Gasteiger partial charge is 0.481 e. The van der Waals surface area contributed by atoms with Gasteiger partial charge in [-0.1, -0.05) is 35.8 Å². The molecule has 8 heteroatoms. The number of likely N-dealkylation sites (N-methyl/N-ethyl adjacent to an activating group) is 1. The van der Waals surface area contributed by atoms with E-state index >= 15 is 0 Å². The Morgan fingerprint density at radius 3 is 2.92 bits per heavy atom. The monoisotopic (exact) mass is 391 g/mol. The summed E-state index contributed by atoms with van der Waals surface area (Å²) in [6.45, 7) is 2.11. The van der Waals surface area contributed by atoms with E-state index < -0.39 is 6.10 Å². The van der Waals surface area contributed by atoms with Gasteiger partial charge in [0.1, 0.15) is 5.75 Å². The molecule has 136 valence electrons. The lowest BCUT2D eigenvalue weighted by Gasteiger charge is -2.22. The molecule has 0 radical (unpaired) electrons. The lowest BCUT2D eigenvalue weighted by atomic mass is 10.2. The highest BCUT2D eigenvalue weighted by atomic mass is 35.5. The summed E-state index contributed by atoms with van der Waals surface area (Å²) in [5.41, 5.74) is 0. The minimum Gasteiger partial charge on any atom is -0.481 e.